The summed E-state index contributed by atoms with van der Waals surface area (Å²) < 4.78 is 0. The molecule has 4 amide bonds. The third kappa shape index (κ3) is 4.15. The molecule has 0 atom stereocenters. The summed E-state index contributed by atoms with van der Waals surface area (Å²) in [5.41, 5.74) is 0. The third-order valence-corrected chi connectivity index (χ3v) is 3.43. The first-order valence-corrected chi connectivity index (χ1v) is 7.41. The first kappa shape index (κ1) is 17.6. The van der Waals surface area contributed by atoms with Gasteiger partial charge in [-0.25, -0.2) is 9.59 Å². The predicted octanol–water partition coefficient (Wildman–Crippen LogP) is -0.383. The lowest BCUT2D eigenvalue weighted by molar-refractivity contribution is -0.200. The summed E-state index contributed by atoms with van der Waals surface area (Å²) in [7, 11) is 0. The summed E-state index contributed by atoms with van der Waals surface area (Å²) >= 11 is 0. The van der Waals surface area contributed by atoms with E-state index in [0.717, 1.165) is 0 Å². The van der Waals surface area contributed by atoms with E-state index in [-0.39, 0.29) is 38.5 Å². The van der Waals surface area contributed by atoms with Crippen molar-refractivity contribution in [2.45, 2.75) is 45.4 Å². The van der Waals surface area contributed by atoms with Crippen molar-refractivity contribution < 1.29 is 38.4 Å². The minimum absolute atomic E-state index is 0.00805. The highest BCUT2D eigenvalue weighted by Crippen LogP contribution is 2.17. The Morgan fingerprint density at radius 3 is 1.38 bits per heavy atom. The monoisotopic (exact) mass is 340 g/mol. The number of carbonyl (C=O) groups excluding carboxylic acids is 6. The Labute approximate surface area is 136 Å². The highest BCUT2D eigenvalue weighted by molar-refractivity contribution is 6.02. The quantitative estimate of drug-likeness (QED) is 0.599. The lowest BCUT2D eigenvalue weighted by Crippen LogP contribution is -2.34. The summed E-state index contributed by atoms with van der Waals surface area (Å²) in [5.74, 6) is -4.58. The van der Waals surface area contributed by atoms with Gasteiger partial charge in [-0.3, -0.25) is 19.2 Å². The van der Waals surface area contributed by atoms with E-state index < -0.39 is 41.5 Å². The van der Waals surface area contributed by atoms with Gasteiger partial charge in [0, 0.05) is 25.7 Å². The van der Waals surface area contributed by atoms with Gasteiger partial charge < -0.3 is 9.68 Å². The normalized spacial score (nSPS) is 17.9. The third-order valence-electron chi connectivity index (χ3n) is 3.43. The molecule has 0 spiro atoms. The standard InChI is InChI=1S/C14H16N2O8/c1-8(6-13(21)23-15-9(17)2-3-10(15)18)7-14(22)24-16-11(19)4-5-12(16)20/h8H,2-7H2,1H3. The fourth-order valence-corrected chi connectivity index (χ4v) is 2.24. The zero-order valence-electron chi connectivity index (χ0n) is 13.0. The van der Waals surface area contributed by atoms with Crippen LogP contribution in [0.25, 0.3) is 0 Å². The van der Waals surface area contributed by atoms with Crippen molar-refractivity contribution in [3.63, 3.8) is 0 Å². The van der Waals surface area contributed by atoms with E-state index >= 15 is 0 Å². The Morgan fingerprint density at radius 2 is 1.08 bits per heavy atom. The Kier molecular flexibility index (Phi) is 5.27. The molecule has 0 radical (unpaired) electrons. The number of hydrogen-bond donors (Lipinski definition) is 0. The summed E-state index contributed by atoms with van der Waals surface area (Å²) in [6.45, 7) is 1.55. The van der Waals surface area contributed by atoms with Gasteiger partial charge in [0.05, 0.1) is 12.8 Å². The molecule has 0 bridgehead atoms. The van der Waals surface area contributed by atoms with Crippen molar-refractivity contribution in [3.05, 3.63) is 0 Å². The highest BCUT2D eigenvalue weighted by Gasteiger charge is 2.34. The first-order valence-electron chi connectivity index (χ1n) is 7.41. The largest absolute Gasteiger partial charge is 0.333 e. The van der Waals surface area contributed by atoms with E-state index in [1.807, 2.05) is 0 Å². The summed E-state index contributed by atoms with van der Waals surface area (Å²) in [4.78, 5) is 78.0. The molecule has 2 aliphatic heterocycles. The minimum atomic E-state index is -0.841. The van der Waals surface area contributed by atoms with Gasteiger partial charge in [-0.15, -0.1) is 10.1 Å². The van der Waals surface area contributed by atoms with E-state index in [1.165, 1.54) is 0 Å². The molecule has 0 aromatic carbocycles. The van der Waals surface area contributed by atoms with Gasteiger partial charge in [-0.05, 0) is 5.92 Å². The molecule has 0 saturated carbocycles. The Morgan fingerprint density at radius 1 is 0.792 bits per heavy atom. The van der Waals surface area contributed by atoms with Crippen molar-refractivity contribution in [1.82, 2.24) is 10.1 Å². The molecule has 0 aromatic rings. The molecule has 0 unspecified atom stereocenters. The molecule has 2 fully saturated rings. The highest BCUT2D eigenvalue weighted by atomic mass is 16.7. The second kappa shape index (κ2) is 7.20. The van der Waals surface area contributed by atoms with Crippen LogP contribution >= 0.6 is 0 Å². The van der Waals surface area contributed by atoms with Gasteiger partial charge in [-0.1, -0.05) is 6.92 Å². The van der Waals surface area contributed by atoms with Crippen LogP contribution in [0.5, 0.6) is 0 Å². The molecular formula is C14H16N2O8. The molecular weight excluding hydrogens is 324 g/mol. The average molecular weight is 340 g/mol. The molecule has 2 rings (SSSR count). The van der Waals surface area contributed by atoms with Crippen molar-refractivity contribution in [2.24, 2.45) is 5.92 Å². The van der Waals surface area contributed by atoms with E-state index in [1.54, 1.807) is 6.92 Å². The number of amides is 4. The number of hydrogen-bond acceptors (Lipinski definition) is 8. The van der Waals surface area contributed by atoms with E-state index in [4.69, 9.17) is 0 Å². The maximum Gasteiger partial charge on any atom is 0.333 e. The van der Waals surface area contributed by atoms with Gasteiger partial charge in [0.25, 0.3) is 23.6 Å². The van der Waals surface area contributed by atoms with Gasteiger partial charge in [0.2, 0.25) is 0 Å². The smallest absolute Gasteiger partial charge is 0.330 e. The molecule has 0 N–H and O–H groups in total. The van der Waals surface area contributed by atoms with E-state index in [9.17, 15) is 28.8 Å². The zero-order valence-corrected chi connectivity index (χ0v) is 13.0. The number of nitrogens with zero attached hydrogens (tertiary/aromatic N) is 2. The van der Waals surface area contributed by atoms with Crippen LogP contribution in [0.4, 0.5) is 0 Å². The van der Waals surface area contributed by atoms with Crippen LogP contribution in [-0.2, 0) is 38.4 Å². The number of hydroxylamine groups is 4. The first-order chi connectivity index (χ1) is 11.3. The maximum absolute atomic E-state index is 11.7. The van der Waals surface area contributed by atoms with Gasteiger partial charge in [0.1, 0.15) is 0 Å². The fourth-order valence-electron chi connectivity index (χ4n) is 2.24. The molecule has 10 heteroatoms. The number of carbonyl (C=O) groups is 6. The molecule has 130 valence electrons. The minimum Gasteiger partial charge on any atom is -0.330 e. The van der Waals surface area contributed by atoms with Crippen molar-refractivity contribution in [2.75, 3.05) is 0 Å². The number of rotatable bonds is 6. The second-order valence-corrected chi connectivity index (χ2v) is 5.60. The van der Waals surface area contributed by atoms with Crippen LogP contribution in [0.15, 0.2) is 0 Å². The van der Waals surface area contributed by atoms with Crippen LogP contribution in [0.3, 0.4) is 0 Å². The Hall–Kier alpha value is -2.78. The number of imide groups is 2. The summed E-state index contributed by atoms with van der Waals surface area (Å²) in [6, 6.07) is 0. The summed E-state index contributed by atoms with van der Waals surface area (Å²) in [6.07, 6.45) is -0.516. The predicted molar refractivity (Wildman–Crippen MR) is 72.8 cm³/mol. The van der Waals surface area contributed by atoms with Gasteiger partial charge >= 0.3 is 11.9 Å². The van der Waals surface area contributed by atoms with Crippen LogP contribution in [-0.4, -0.2) is 45.7 Å². The molecule has 2 saturated heterocycles. The molecule has 10 nitrogen and oxygen atoms in total. The lowest BCUT2D eigenvalue weighted by Gasteiger charge is -2.16. The SMILES string of the molecule is CC(CC(=O)ON1C(=O)CCC1=O)CC(=O)ON1C(=O)CCC1=O. The van der Waals surface area contributed by atoms with Gasteiger partial charge in [-0.2, -0.15) is 0 Å². The Bertz CT molecular complexity index is 530. The second-order valence-electron chi connectivity index (χ2n) is 5.60. The molecule has 0 aliphatic carbocycles. The van der Waals surface area contributed by atoms with Crippen molar-refractivity contribution in [1.29, 1.82) is 0 Å². The fraction of sp³-hybridized carbons (Fsp3) is 0.571. The molecule has 24 heavy (non-hydrogen) atoms. The van der Waals surface area contributed by atoms with Crippen molar-refractivity contribution in [3.8, 4) is 0 Å². The Balaban J connectivity index is 1.76. The van der Waals surface area contributed by atoms with Crippen LogP contribution in [0.2, 0.25) is 0 Å². The zero-order chi connectivity index (χ0) is 17.9. The van der Waals surface area contributed by atoms with Gasteiger partial charge in [0.15, 0.2) is 0 Å². The molecule has 2 heterocycles. The average Bonchev–Trinajstić information content (AvgIpc) is 2.97. The topological polar surface area (TPSA) is 127 Å². The molecule has 2 aliphatic rings. The van der Waals surface area contributed by atoms with Crippen molar-refractivity contribution >= 4 is 35.6 Å². The maximum atomic E-state index is 11.7. The van der Waals surface area contributed by atoms with Crippen LogP contribution in [0.1, 0.15) is 45.4 Å². The lowest BCUT2D eigenvalue weighted by atomic mass is 10.0. The van der Waals surface area contributed by atoms with Crippen LogP contribution in [0, 0.1) is 5.92 Å². The van der Waals surface area contributed by atoms with E-state index in [2.05, 4.69) is 9.68 Å². The van der Waals surface area contributed by atoms with Crippen LogP contribution < -0.4 is 0 Å². The summed E-state index contributed by atoms with van der Waals surface area (Å²) in [5, 5.41) is 0.851. The van der Waals surface area contributed by atoms with E-state index in [0.29, 0.717) is 10.1 Å². The molecule has 0 aromatic heterocycles.